The number of rotatable bonds is 6. The first-order valence-electron chi connectivity index (χ1n) is 10.4. The van der Waals surface area contributed by atoms with E-state index in [0.717, 1.165) is 37.6 Å². The Bertz CT molecular complexity index is 1020. The highest BCUT2D eigenvalue weighted by atomic mass is 16.1. The molecule has 0 bridgehead atoms. The molecule has 0 radical (unpaired) electrons. The van der Waals surface area contributed by atoms with Gasteiger partial charge in [0.25, 0.3) is 5.91 Å². The molecule has 31 heavy (non-hydrogen) atoms. The Morgan fingerprint density at radius 2 is 1.77 bits per heavy atom. The molecule has 0 saturated carbocycles. The largest absolute Gasteiger partial charge is 0.363 e. The van der Waals surface area contributed by atoms with Crippen LogP contribution in [0.5, 0.6) is 0 Å². The summed E-state index contributed by atoms with van der Waals surface area (Å²) >= 11 is 0. The molecule has 8 nitrogen and oxygen atoms in total. The molecule has 1 atom stereocenters. The fraction of sp³-hybridized carbons (Fsp3) is 0.304. The van der Waals surface area contributed by atoms with Gasteiger partial charge in [-0.25, -0.2) is 9.97 Å². The number of nitrogens with one attached hydrogen (secondary N) is 2. The zero-order valence-corrected chi connectivity index (χ0v) is 17.8. The van der Waals surface area contributed by atoms with E-state index in [-0.39, 0.29) is 11.9 Å². The van der Waals surface area contributed by atoms with Gasteiger partial charge in [-0.3, -0.25) is 9.78 Å². The number of pyridine rings is 3. The van der Waals surface area contributed by atoms with Crippen LogP contribution in [-0.4, -0.2) is 59.0 Å². The van der Waals surface area contributed by atoms with Gasteiger partial charge in [0.1, 0.15) is 17.5 Å². The molecule has 3 aromatic heterocycles. The Labute approximate surface area is 182 Å². The number of hydrogen-bond acceptors (Lipinski definition) is 7. The molecule has 1 aliphatic heterocycles. The Hall–Kier alpha value is -3.52. The Kier molecular flexibility index (Phi) is 6.37. The third-order valence-corrected chi connectivity index (χ3v) is 5.41. The van der Waals surface area contributed by atoms with Gasteiger partial charge in [0.2, 0.25) is 0 Å². The van der Waals surface area contributed by atoms with Gasteiger partial charge in [-0.05, 0) is 55.9 Å². The minimum atomic E-state index is -0.249. The van der Waals surface area contributed by atoms with Gasteiger partial charge in [-0.2, -0.15) is 0 Å². The van der Waals surface area contributed by atoms with Gasteiger partial charge in [-0.15, -0.1) is 0 Å². The number of piperazine rings is 1. The molecule has 1 fully saturated rings. The zero-order chi connectivity index (χ0) is 21.6. The second-order valence-electron chi connectivity index (χ2n) is 7.67. The zero-order valence-electron chi connectivity index (χ0n) is 17.8. The van der Waals surface area contributed by atoms with Crippen molar-refractivity contribution >= 4 is 23.4 Å². The van der Waals surface area contributed by atoms with Gasteiger partial charge >= 0.3 is 0 Å². The first kappa shape index (κ1) is 20.7. The predicted octanol–water partition coefficient (Wildman–Crippen LogP) is 3.05. The summed E-state index contributed by atoms with van der Waals surface area (Å²) in [5.74, 6) is 1.68. The number of carbonyl (C=O) groups excluding carboxylic acids is 1. The molecular weight excluding hydrogens is 390 g/mol. The fourth-order valence-corrected chi connectivity index (χ4v) is 3.53. The van der Waals surface area contributed by atoms with E-state index in [1.807, 2.05) is 31.2 Å². The van der Waals surface area contributed by atoms with Crippen molar-refractivity contribution in [3.05, 3.63) is 72.2 Å². The summed E-state index contributed by atoms with van der Waals surface area (Å²) in [6, 6.07) is 13.1. The number of likely N-dealkylation sites (N-methyl/N-ethyl adjacent to an activating group) is 1. The first-order chi connectivity index (χ1) is 15.1. The molecule has 0 spiro atoms. The van der Waals surface area contributed by atoms with Crippen LogP contribution in [0.1, 0.15) is 28.9 Å². The van der Waals surface area contributed by atoms with Crippen molar-refractivity contribution < 1.29 is 4.79 Å². The Morgan fingerprint density at radius 1 is 1.00 bits per heavy atom. The average Bonchev–Trinajstić information content (AvgIpc) is 2.80. The van der Waals surface area contributed by atoms with Crippen LogP contribution in [0.2, 0.25) is 0 Å². The van der Waals surface area contributed by atoms with E-state index in [1.54, 1.807) is 36.8 Å². The molecule has 4 heterocycles. The maximum Gasteiger partial charge on any atom is 0.260 e. The molecule has 160 valence electrons. The summed E-state index contributed by atoms with van der Waals surface area (Å²) in [6.45, 7) is 5.86. The first-order valence-corrected chi connectivity index (χ1v) is 10.4. The van der Waals surface area contributed by atoms with Gasteiger partial charge in [-0.1, -0.05) is 6.07 Å². The number of carbonyl (C=O) groups is 1. The van der Waals surface area contributed by atoms with Crippen LogP contribution in [0.4, 0.5) is 17.5 Å². The van der Waals surface area contributed by atoms with E-state index in [9.17, 15) is 4.79 Å². The lowest BCUT2D eigenvalue weighted by Crippen LogP contribution is -2.44. The van der Waals surface area contributed by atoms with Crippen LogP contribution in [-0.2, 0) is 0 Å². The lowest BCUT2D eigenvalue weighted by Gasteiger charge is -2.33. The summed E-state index contributed by atoms with van der Waals surface area (Å²) < 4.78 is 0. The molecule has 2 N–H and O–H groups in total. The van der Waals surface area contributed by atoms with Crippen LogP contribution >= 0.6 is 0 Å². The van der Waals surface area contributed by atoms with Gasteiger partial charge in [0, 0.05) is 44.8 Å². The minimum Gasteiger partial charge on any atom is -0.363 e. The van der Waals surface area contributed by atoms with Crippen molar-refractivity contribution in [3.8, 4) is 0 Å². The summed E-state index contributed by atoms with van der Waals surface area (Å²) in [5.41, 5.74) is 1.53. The van der Waals surface area contributed by atoms with Crippen molar-refractivity contribution in [1.29, 1.82) is 0 Å². The Balaban J connectivity index is 1.47. The van der Waals surface area contributed by atoms with E-state index in [2.05, 4.69) is 42.4 Å². The molecule has 1 amide bonds. The maximum atomic E-state index is 13.0. The molecule has 3 aromatic rings. The van der Waals surface area contributed by atoms with Gasteiger partial charge in [0.15, 0.2) is 0 Å². The highest BCUT2D eigenvalue weighted by molar-refractivity contribution is 6.07. The third-order valence-electron chi connectivity index (χ3n) is 5.41. The van der Waals surface area contributed by atoms with Crippen molar-refractivity contribution in [3.63, 3.8) is 0 Å². The Morgan fingerprint density at radius 3 is 2.55 bits per heavy atom. The number of anilines is 3. The molecule has 1 saturated heterocycles. The van der Waals surface area contributed by atoms with Crippen LogP contribution in [0.3, 0.4) is 0 Å². The summed E-state index contributed by atoms with van der Waals surface area (Å²) in [6.07, 6.45) is 5.17. The predicted molar refractivity (Wildman–Crippen MR) is 122 cm³/mol. The average molecular weight is 418 g/mol. The number of hydrogen-bond donors (Lipinski definition) is 2. The number of nitrogens with zero attached hydrogens (tertiary/aromatic N) is 5. The molecule has 8 heteroatoms. The van der Waals surface area contributed by atoms with E-state index in [0.29, 0.717) is 17.2 Å². The van der Waals surface area contributed by atoms with Crippen molar-refractivity contribution in [2.24, 2.45) is 0 Å². The van der Waals surface area contributed by atoms with Crippen LogP contribution in [0.15, 0.2) is 61.1 Å². The monoisotopic (exact) mass is 417 g/mol. The normalized spacial score (nSPS) is 15.4. The smallest absolute Gasteiger partial charge is 0.260 e. The van der Waals surface area contributed by atoms with E-state index >= 15 is 0 Å². The quantitative estimate of drug-likeness (QED) is 0.637. The summed E-state index contributed by atoms with van der Waals surface area (Å²) in [4.78, 5) is 30.6. The lowest BCUT2D eigenvalue weighted by molar-refractivity contribution is 0.102. The van der Waals surface area contributed by atoms with Gasteiger partial charge < -0.3 is 20.4 Å². The topological polar surface area (TPSA) is 86.3 Å². The molecule has 1 unspecified atom stereocenters. The maximum absolute atomic E-state index is 13.0. The van der Waals surface area contributed by atoms with Crippen molar-refractivity contribution in [2.45, 2.75) is 13.0 Å². The van der Waals surface area contributed by atoms with Crippen LogP contribution < -0.4 is 15.5 Å². The fourth-order valence-electron chi connectivity index (χ4n) is 3.53. The van der Waals surface area contributed by atoms with Gasteiger partial charge in [0.05, 0.1) is 11.6 Å². The molecule has 0 aliphatic carbocycles. The molecule has 4 rings (SSSR count). The number of aromatic nitrogens is 3. The number of amides is 1. The van der Waals surface area contributed by atoms with Crippen molar-refractivity contribution in [2.75, 3.05) is 48.8 Å². The molecule has 1 aliphatic rings. The van der Waals surface area contributed by atoms with E-state index < -0.39 is 0 Å². The summed E-state index contributed by atoms with van der Waals surface area (Å²) in [7, 11) is 2.12. The summed E-state index contributed by atoms with van der Waals surface area (Å²) in [5, 5.41) is 6.25. The SMILES string of the molecule is CC(Nc1ncccc1C(=O)Nc1cccc(N2CCN(C)CC2)n1)c1ccncc1. The van der Waals surface area contributed by atoms with Crippen LogP contribution in [0.25, 0.3) is 0 Å². The van der Waals surface area contributed by atoms with E-state index in [1.165, 1.54) is 0 Å². The van der Waals surface area contributed by atoms with Crippen molar-refractivity contribution in [1.82, 2.24) is 19.9 Å². The second kappa shape index (κ2) is 9.53. The van der Waals surface area contributed by atoms with E-state index in [4.69, 9.17) is 0 Å². The highest BCUT2D eigenvalue weighted by Gasteiger charge is 2.18. The molecular formula is C23H27N7O. The minimum absolute atomic E-state index is 0.0249. The third kappa shape index (κ3) is 5.16. The lowest BCUT2D eigenvalue weighted by atomic mass is 10.1. The highest BCUT2D eigenvalue weighted by Crippen LogP contribution is 2.22. The molecule has 0 aromatic carbocycles. The van der Waals surface area contributed by atoms with Crippen LogP contribution in [0, 0.1) is 0 Å². The standard InChI is InChI=1S/C23H27N7O/c1-17(18-8-11-24-12-9-18)26-22-19(5-4-10-25-22)23(31)28-20-6-3-7-21(27-20)30-15-13-29(2)14-16-30/h3-12,17H,13-16H2,1-2H3,(H,25,26)(H,27,28,31). The second-order valence-corrected chi connectivity index (χ2v) is 7.67.